The molecule has 0 aliphatic heterocycles. The van der Waals surface area contributed by atoms with Gasteiger partial charge in [0.05, 0.1) is 5.69 Å². The molecule has 0 saturated carbocycles. The summed E-state index contributed by atoms with van der Waals surface area (Å²) in [5, 5.41) is 7.16. The number of rotatable bonds is 9. The molecule has 2 aromatic rings. The van der Waals surface area contributed by atoms with E-state index in [1.807, 2.05) is 52.8 Å². The van der Waals surface area contributed by atoms with E-state index in [1.54, 1.807) is 12.1 Å². The van der Waals surface area contributed by atoms with Crippen LogP contribution in [0.2, 0.25) is 0 Å². The molecule has 172 valence electrons. The average molecular weight is 429 g/mol. The number of aromatic nitrogens is 2. The molecule has 1 unspecified atom stereocenters. The van der Waals surface area contributed by atoms with Crippen molar-refractivity contribution in [3.8, 4) is 0 Å². The van der Waals surface area contributed by atoms with E-state index < -0.39 is 0 Å². The molecule has 0 spiro atoms. The lowest BCUT2D eigenvalue weighted by atomic mass is 9.89. The van der Waals surface area contributed by atoms with Gasteiger partial charge in [-0.3, -0.25) is 9.89 Å². The molecule has 1 aromatic heterocycles. The number of hydrogen-bond acceptors (Lipinski definition) is 2. The van der Waals surface area contributed by atoms with Crippen LogP contribution in [0.4, 0.5) is 4.39 Å². The van der Waals surface area contributed by atoms with Crippen molar-refractivity contribution >= 4 is 11.4 Å². The van der Waals surface area contributed by atoms with E-state index in [4.69, 9.17) is 0 Å². The van der Waals surface area contributed by atoms with E-state index in [0.717, 1.165) is 30.7 Å². The van der Waals surface area contributed by atoms with Gasteiger partial charge in [0, 0.05) is 18.5 Å². The normalized spacial score (nSPS) is 11.9. The highest BCUT2D eigenvalue weighted by Gasteiger charge is 2.17. The summed E-state index contributed by atoms with van der Waals surface area (Å²) < 4.78 is 13.6. The van der Waals surface area contributed by atoms with Gasteiger partial charge in [0.1, 0.15) is 11.6 Å². The summed E-state index contributed by atoms with van der Waals surface area (Å²) in [6.07, 6.45) is 10.0. The second kappa shape index (κ2) is 17.2. The van der Waals surface area contributed by atoms with Crippen LogP contribution in [0.5, 0.6) is 0 Å². The molecule has 0 radical (unpaired) electrons. The number of halogens is 1. The maximum Gasteiger partial charge on any atom is 0.133 e. The van der Waals surface area contributed by atoms with E-state index in [1.165, 1.54) is 11.6 Å². The van der Waals surface area contributed by atoms with Gasteiger partial charge in [-0.25, -0.2) is 4.39 Å². The van der Waals surface area contributed by atoms with Crippen LogP contribution in [-0.4, -0.2) is 16.0 Å². The third-order valence-electron chi connectivity index (χ3n) is 4.76. The first kappa shape index (κ1) is 28.5. The number of allylic oxidation sites excluding steroid dienone is 4. The summed E-state index contributed by atoms with van der Waals surface area (Å²) in [5.41, 5.74) is 4.11. The van der Waals surface area contributed by atoms with Crippen molar-refractivity contribution in [3.63, 3.8) is 0 Å². The molecule has 0 aliphatic carbocycles. The molecule has 1 aromatic carbocycles. The summed E-state index contributed by atoms with van der Waals surface area (Å²) >= 11 is 0. The fourth-order valence-electron chi connectivity index (χ4n) is 3.12. The Balaban J connectivity index is 0.000000547. The smallest absolute Gasteiger partial charge is 0.133 e. The monoisotopic (exact) mass is 428 g/mol. The second-order valence-electron chi connectivity index (χ2n) is 7.11. The molecule has 4 heteroatoms. The highest BCUT2D eigenvalue weighted by Crippen LogP contribution is 2.27. The van der Waals surface area contributed by atoms with Gasteiger partial charge >= 0.3 is 0 Å². The van der Waals surface area contributed by atoms with Gasteiger partial charge in [0.25, 0.3) is 0 Å². The van der Waals surface area contributed by atoms with Crippen LogP contribution in [-0.2, 0) is 4.79 Å². The van der Waals surface area contributed by atoms with Crippen molar-refractivity contribution in [1.29, 1.82) is 0 Å². The Kier molecular flexibility index (Phi) is 15.8. The van der Waals surface area contributed by atoms with E-state index in [-0.39, 0.29) is 17.5 Å². The maximum absolute atomic E-state index is 13.6. The van der Waals surface area contributed by atoms with E-state index >= 15 is 0 Å². The number of aromatic amines is 1. The molecular weight excluding hydrogens is 387 g/mol. The maximum atomic E-state index is 13.6. The summed E-state index contributed by atoms with van der Waals surface area (Å²) in [6, 6.07) is 8.84. The average Bonchev–Trinajstić information content (AvgIpc) is 3.22. The van der Waals surface area contributed by atoms with Crippen LogP contribution in [0.1, 0.15) is 96.5 Å². The Morgan fingerprint density at radius 2 is 1.84 bits per heavy atom. The molecule has 0 saturated heterocycles. The topological polar surface area (TPSA) is 45.8 Å². The number of aryl methyl sites for hydroxylation is 1. The number of carbonyl (C=O) groups is 1. The Morgan fingerprint density at radius 1 is 1.16 bits per heavy atom. The zero-order valence-electron chi connectivity index (χ0n) is 20.5. The number of H-pyrrole nitrogens is 1. The standard InChI is InChI=1S/C14H19FO.C11H16N2.C2H6/c1-3-7-11(10-12(16)4-2)13-8-5-6-9-14(13)15;1-4-6-7-10(5-2)11-8-9(3)12-13-11;1-2/h5-6,8-9,11H,3-4,7,10H2,1-2H3;4,6-8H,5H2,1-3H3,(H,12,13);1-2H3/b;6-4?,10-7+;. The molecule has 1 atom stereocenters. The SMILES string of the molecule is CC.CC=C/C=C(\CC)c1cc(C)[nH]n1.CCCC(CC(=O)CC)c1ccccc1F. The molecule has 0 bridgehead atoms. The molecule has 2 rings (SSSR count). The van der Waals surface area contributed by atoms with Gasteiger partial charge in [-0.15, -0.1) is 0 Å². The lowest BCUT2D eigenvalue weighted by molar-refractivity contribution is -0.119. The van der Waals surface area contributed by atoms with Gasteiger partial charge in [-0.05, 0) is 55.9 Å². The number of hydrogen-bond donors (Lipinski definition) is 1. The Labute approximate surface area is 188 Å². The Morgan fingerprint density at radius 3 is 2.32 bits per heavy atom. The van der Waals surface area contributed by atoms with Crippen molar-refractivity contribution in [1.82, 2.24) is 10.2 Å². The largest absolute Gasteiger partial charge is 0.300 e. The minimum Gasteiger partial charge on any atom is -0.300 e. The van der Waals surface area contributed by atoms with Crippen LogP contribution in [0.3, 0.4) is 0 Å². The van der Waals surface area contributed by atoms with Crippen LogP contribution >= 0.6 is 0 Å². The van der Waals surface area contributed by atoms with Gasteiger partial charge in [-0.2, -0.15) is 5.10 Å². The van der Waals surface area contributed by atoms with E-state index in [9.17, 15) is 9.18 Å². The van der Waals surface area contributed by atoms with Gasteiger partial charge < -0.3 is 0 Å². The number of Topliss-reactive ketones (excluding diaryl/α,β-unsaturated/α-hetero) is 1. The molecule has 31 heavy (non-hydrogen) atoms. The number of carbonyl (C=O) groups excluding carboxylic acids is 1. The van der Waals surface area contributed by atoms with Crippen LogP contribution in [0, 0.1) is 12.7 Å². The van der Waals surface area contributed by atoms with Crippen LogP contribution < -0.4 is 0 Å². The van der Waals surface area contributed by atoms with Crippen molar-refractivity contribution in [2.75, 3.05) is 0 Å². The van der Waals surface area contributed by atoms with Gasteiger partial charge in [0.15, 0.2) is 0 Å². The fraction of sp³-hybridized carbons (Fsp3) is 0.481. The number of ketones is 1. The number of nitrogens with zero attached hydrogens (tertiary/aromatic N) is 1. The van der Waals surface area contributed by atoms with E-state index in [2.05, 4.69) is 36.2 Å². The summed E-state index contributed by atoms with van der Waals surface area (Å²) in [5.74, 6) is 0.0604. The highest BCUT2D eigenvalue weighted by atomic mass is 19.1. The first-order chi connectivity index (χ1) is 15.0. The van der Waals surface area contributed by atoms with Crippen molar-refractivity contribution in [2.24, 2.45) is 0 Å². The first-order valence-corrected chi connectivity index (χ1v) is 11.6. The molecule has 0 aliphatic rings. The lowest BCUT2D eigenvalue weighted by Crippen LogP contribution is -2.08. The minimum atomic E-state index is -0.190. The molecule has 1 heterocycles. The highest BCUT2D eigenvalue weighted by molar-refractivity contribution is 5.78. The zero-order chi connectivity index (χ0) is 23.6. The van der Waals surface area contributed by atoms with Crippen LogP contribution in [0.25, 0.3) is 5.57 Å². The quantitative estimate of drug-likeness (QED) is 0.409. The second-order valence-corrected chi connectivity index (χ2v) is 7.11. The number of nitrogens with one attached hydrogen (secondary N) is 1. The zero-order valence-corrected chi connectivity index (χ0v) is 20.5. The van der Waals surface area contributed by atoms with Crippen molar-refractivity contribution in [3.05, 3.63) is 71.3 Å². The predicted molar refractivity (Wildman–Crippen MR) is 132 cm³/mol. The summed E-state index contributed by atoms with van der Waals surface area (Å²) in [7, 11) is 0. The lowest BCUT2D eigenvalue weighted by Gasteiger charge is -2.16. The van der Waals surface area contributed by atoms with Crippen LogP contribution in [0.15, 0.2) is 48.6 Å². The Hall–Kier alpha value is -2.49. The van der Waals surface area contributed by atoms with E-state index in [0.29, 0.717) is 18.4 Å². The molecule has 0 amide bonds. The molecule has 0 fully saturated rings. The molecule has 3 nitrogen and oxygen atoms in total. The third-order valence-corrected chi connectivity index (χ3v) is 4.76. The molecule has 1 N–H and O–H groups in total. The fourth-order valence-corrected chi connectivity index (χ4v) is 3.12. The van der Waals surface area contributed by atoms with Gasteiger partial charge in [0.2, 0.25) is 0 Å². The van der Waals surface area contributed by atoms with Crippen molar-refractivity contribution in [2.45, 2.75) is 86.5 Å². The summed E-state index contributed by atoms with van der Waals surface area (Å²) in [4.78, 5) is 11.5. The number of benzene rings is 1. The Bertz CT molecular complexity index is 805. The predicted octanol–water partition coefficient (Wildman–Crippen LogP) is 8.19. The minimum absolute atomic E-state index is 0.0404. The molecular formula is C27H41FN2O. The third kappa shape index (κ3) is 10.9. The first-order valence-electron chi connectivity index (χ1n) is 11.6. The van der Waals surface area contributed by atoms with Crippen molar-refractivity contribution < 1.29 is 9.18 Å². The summed E-state index contributed by atoms with van der Waals surface area (Å²) in [6.45, 7) is 14.1. The van der Waals surface area contributed by atoms with Gasteiger partial charge in [-0.1, -0.05) is 77.5 Å².